The topological polar surface area (TPSA) is 69.6 Å². The number of aliphatic hydroxyl groups excluding tert-OH is 2. The van der Waals surface area contributed by atoms with Gasteiger partial charge in [-0.1, -0.05) is 168 Å². The first-order valence-electron chi connectivity index (χ1n) is 17.7. The zero-order valence-corrected chi connectivity index (χ0v) is 26.7. The van der Waals surface area contributed by atoms with Crippen molar-refractivity contribution in [2.45, 2.75) is 212 Å². The van der Waals surface area contributed by atoms with Crippen LogP contribution in [-0.2, 0) is 4.79 Å². The molecule has 0 bridgehead atoms. The molecule has 0 fully saturated rings. The molecule has 0 aromatic rings. The monoisotopic (exact) mass is 554 g/mol. The molecule has 0 saturated heterocycles. The highest BCUT2D eigenvalue weighted by molar-refractivity contribution is 5.75. The standard InChI is InChI=1S/C35H71NO3/c1-3-5-6-7-8-9-10-11-12-13-14-15-16-17-18-19-20-21-22-25-28-31-35(39)36-32-29-26-23-24-27-30-34(38)33(37)4-2/h33-34,37-38H,3-32H2,1-2H3,(H,36,39). The van der Waals surface area contributed by atoms with Crippen LogP contribution in [-0.4, -0.2) is 34.9 Å². The van der Waals surface area contributed by atoms with Crippen LogP contribution in [0.1, 0.15) is 200 Å². The van der Waals surface area contributed by atoms with Crippen LogP contribution < -0.4 is 5.32 Å². The lowest BCUT2D eigenvalue weighted by atomic mass is 10.0. The molecule has 2 atom stereocenters. The molecule has 0 radical (unpaired) electrons. The maximum Gasteiger partial charge on any atom is 0.219 e. The second-order valence-corrected chi connectivity index (χ2v) is 12.3. The molecular formula is C35H71NO3. The molecule has 1 amide bonds. The molecule has 39 heavy (non-hydrogen) atoms. The van der Waals surface area contributed by atoms with E-state index in [0.717, 1.165) is 45.1 Å². The summed E-state index contributed by atoms with van der Waals surface area (Å²) in [6, 6.07) is 0. The van der Waals surface area contributed by atoms with E-state index >= 15 is 0 Å². The zero-order valence-electron chi connectivity index (χ0n) is 26.7. The predicted octanol–water partition coefficient (Wildman–Crippen LogP) is 10.2. The highest BCUT2D eigenvalue weighted by Gasteiger charge is 2.12. The Morgan fingerprint density at radius 1 is 0.487 bits per heavy atom. The van der Waals surface area contributed by atoms with Crippen LogP contribution in [0.2, 0.25) is 0 Å². The Morgan fingerprint density at radius 2 is 0.846 bits per heavy atom. The lowest BCUT2D eigenvalue weighted by molar-refractivity contribution is -0.121. The van der Waals surface area contributed by atoms with E-state index in [1.807, 2.05) is 6.92 Å². The number of rotatable bonds is 32. The first kappa shape index (κ1) is 38.4. The number of carbonyl (C=O) groups excluding carboxylic acids is 1. The van der Waals surface area contributed by atoms with Gasteiger partial charge in [-0.2, -0.15) is 0 Å². The van der Waals surface area contributed by atoms with Crippen molar-refractivity contribution in [1.29, 1.82) is 0 Å². The van der Waals surface area contributed by atoms with Crippen LogP contribution in [0.5, 0.6) is 0 Å². The van der Waals surface area contributed by atoms with Gasteiger partial charge in [-0.3, -0.25) is 4.79 Å². The summed E-state index contributed by atoms with van der Waals surface area (Å²) in [5.74, 6) is 0.212. The Balaban J connectivity index is 3.19. The highest BCUT2D eigenvalue weighted by Crippen LogP contribution is 2.15. The van der Waals surface area contributed by atoms with Crippen LogP contribution in [0, 0.1) is 0 Å². The number of unbranched alkanes of at least 4 members (excludes halogenated alkanes) is 24. The van der Waals surface area contributed by atoms with Gasteiger partial charge in [-0.05, 0) is 25.7 Å². The Labute approximate surface area is 244 Å². The molecule has 0 spiro atoms. The molecule has 0 rings (SSSR count). The molecule has 4 heteroatoms. The van der Waals surface area contributed by atoms with Crippen molar-refractivity contribution < 1.29 is 15.0 Å². The summed E-state index contributed by atoms with van der Waals surface area (Å²) in [6.07, 6.45) is 35.3. The lowest BCUT2D eigenvalue weighted by Gasteiger charge is -2.15. The number of hydrogen-bond acceptors (Lipinski definition) is 3. The number of amides is 1. The fourth-order valence-corrected chi connectivity index (χ4v) is 5.51. The minimum Gasteiger partial charge on any atom is -0.390 e. The quantitative estimate of drug-likeness (QED) is 0.0726. The second kappa shape index (κ2) is 31.9. The van der Waals surface area contributed by atoms with Gasteiger partial charge in [0.1, 0.15) is 0 Å². The molecule has 0 aliphatic rings. The van der Waals surface area contributed by atoms with Crippen LogP contribution >= 0.6 is 0 Å². The van der Waals surface area contributed by atoms with Gasteiger partial charge in [0.25, 0.3) is 0 Å². The Hall–Kier alpha value is -0.610. The van der Waals surface area contributed by atoms with Crippen molar-refractivity contribution in [1.82, 2.24) is 5.32 Å². The number of nitrogens with one attached hydrogen (secondary N) is 1. The van der Waals surface area contributed by atoms with E-state index in [4.69, 9.17) is 0 Å². The maximum absolute atomic E-state index is 12.0. The van der Waals surface area contributed by atoms with Gasteiger partial charge in [-0.25, -0.2) is 0 Å². The summed E-state index contributed by atoms with van der Waals surface area (Å²) in [7, 11) is 0. The smallest absolute Gasteiger partial charge is 0.219 e. The van der Waals surface area contributed by atoms with Crippen molar-refractivity contribution in [3.63, 3.8) is 0 Å². The summed E-state index contributed by atoms with van der Waals surface area (Å²) in [5, 5.41) is 22.4. The van der Waals surface area contributed by atoms with E-state index in [0.29, 0.717) is 19.3 Å². The summed E-state index contributed by atoms with van der Waals surface area (Å²) in [6.45, 7) is 4.97. The van der Waals surface area contributed by atoms with Crippen molar-refractivity contribution in [2.75, 3.05) is 6.54 Å². The SMILES string of the molecule is CCCCCCCCCCCCCCCCCCCCCCCC(=O)NCCCCCCCC(O)C(O)CC. The fraction of sp³-hybridized carbons (Fsp3) is 0.971. The Morgan fingerprint density at radius 3 is 1.26 bits per heavy atom. The molecule has 0 saturated carbocycles. The van der Waals surface area contributed by atoms with E-state index in [9.17, 15) is 15.0 Å². The van der Waals surface area contributed by atoms with Crippen LogP contribution in [0.25, 0.3) is 0 Å². The van der Waals surface area contributed by atoms with Crippen LogP contribution in [0.3, 0.4) is 0 Å². The Bertz CT molecular complexity index is 485. The third kappa shape index (κ3) is 30.2. The van der Waals surface area contributed by atoms with Gasteiger partial charge >= 0.3 is 0 Å². The summed E-state index contributed by atoms with van der Waals surface area (Å²) < 4.78 is 0. The number of carbonyl (C=O) groups is 1. The molecule has 0 aromatic heterocycles. The predicted molar refractivity (Wildman–Crippen MR) is 170 cm³/mol. The summed E-state index contributed by atoms with van der Waals surface area (Å²) in [5.41, 5.74) is 0. The molecule has 0 aliphatic heterocycles. The molecule has 0 aliphatic carbocycles. The molecule has 3 N–H and O–H groups in total. The van der Waals surface area contributed by atoms with Gasteiger partial charge < -0.3 is 15.5 Å². The number of hydrogen-bond donors (Lipinski definition) is 3. The van der Waals surface area contributed by atoms with E-state index < -0.39 is 12.2 Å². The van der Waals surface area contributed by atoms with Gasteiger partial charge in [0, 0.05) is 13.0 Å². The first-order valence-corrected chi connectivity index (χ1v) is 17.7. The zero-order chi connectivity index (χ0) is 28.7. The van der Waals surface area contributed by atoms with E-state index in [2.05, 4.69) is 12.2 Å². The van der Waals surface area contributed by atoms with Crippen molar-refractivity contribution in [2.24, 2.45) is 0 Å². The summed E-state index contributed by atoms with van der Waals surface area (Å²) >= 11 is 0. The van der Waals surface area contributed by atoms with Gasteiger partial charge in [0.05, 0.1) is 12.2 Å². The first-order chi connectivity index (χ1) is 19.1. The average molecular weight is 554 g/mol. The van der Waals surface area contributed by atoms with E-state index in [-0.39, 0.29) is 5.91 Å². The van der Waals surface area contributed by atoms with Gasteiger partial charge in [0.2, 0.25) is 5.91 Å². The Kier molecular flexibility index (Phi) is 31.4. The minimum absolute atomic E-state index is 0.212. The maximum atomic E-state index is 12.0. The van der Waals surface area contributed by atoms with Gasteiger partial charge in [-0.15, -0.1) is 0 Å². The molecule has 0 heterocycles. The third-order valence-electron chi connectivity index (χ3n) is 8.37. The van der Waals surface area contributed by atoms with Crippen LogP contribution in [0.15, 0.2) is 0 Å². The third-order valence-corrected chi connectivity index (χ3v) is 8.37. The summed E-state index contributed by atoms with van der Waals surface area (Å²) in [4.78, 5) is 12.0. The van der Waals surface area contributed by atoms with E-state index in [1.165, 1.54) is 128 Å². The van der Waals surface area contributed by atoms with Crippen LogP contribution in [0.4, 0.5) is 0 Å². The lowest BCUT2D eigenvalue weighted by Crippen LogP contribution is -2.24. The van der Waals surface area contributed by atoms with Crippen molar-refractivity contribution in [3.8, 4) is 0 Å². The fourth-order valence-electron chi connectivity index (χ4n) is 5.51. The molecule has 234 valence electrons. The highest BCUT2D eigenvalue weighted by atomic mass is 16.3. The number of aliphatic hydroxyl groups is 2. The minimum atomic E-state index is -0.580. The van der Waals surface area contributed by atoms with Crippen molar-refractivity contribution >= 4 is 5.91 Å². The molecule has 4 nitrogen and oxygen atoms in total. The largest absolute Gasteiger partial charge is 0.390 e. The second-order valence-electron chi connectivity index (χ2n) is 12.3. The van der Waals surface area contributed by atoms with Crippen molar-refractivity contribution in [3.05, 3.63) is 0 Å². The average Bonchev–Trinajstić information content (AvgIpc) is 2.94. The molecular weight excluding hydrogens is 482 g/mol. The van der Waals surface area contributed by atoms with E-state index in [1.54, 1.807) is 0 Å². The molecule has 2 unspecified atom stereocenters. The normalized spacial score (nSPS) is 13.0. The molecule has 0 aromatic carbocycles. The van der Waals surface area contributed by atoms with Gasteiger partial charge in [0.15, 0.2) is 0 Å².